The maximum absolute atomic E-state index is 12.3. The molecule has 1 amide bonds. The van der Waals surface area contributed by atoms with Crippen molar-refractivity contribution < 1.29 is 19.4 Å². The zero-order chi connectivity index (χ0) is 17.0. The van der Waals surface area contributed by atoms with Crippen LogP contribution in [0, 0.1) is 5.41 Å². The number of carboxylic acids is 1. The standard InChI is InChI=1S/C16H19N3O4/c1-16(2,15(21)22)9-17-14(20)12-8-18-19-13(12)10-4-6-11(23-3)7-5-10/h4-8H,9H2,1-3H3,(H,17,20)(H,18,19)(H,21,22). The summed E-state index contributed by atoms with van der Waals surface area (Å²) in [6, 6.07) is 7.19. The third-order valence-corrected chi connectivity index (χ3v) is 3.53. The number of hydrogen-bond acceptors (Lipinski definition) is 4. The Bertz CT molecular complexity index is 704. The molecule has 0 aliphatic heterocycles. The summed E-state index contributed by atoms with van der Waals surface area (Å²) in [4.78, 5) is 23.4. The highest BCUT2D eigenvalue weighted by molar-refractivity contribution is 6.00. The first kappa shape index (κ1) is 16.5. The lowest BCUT2D eigenvalue weighted by Crippen LogP contribution is -2.38. The number of nitrogens with one attached hydrogen (secondary N) is 2. The molecular weight excluding hydrogens is 298 g/mol. The number of amides is 1. The van der Waals surface area contributed by atoms with Gasteiger partial charge in [-0.3, -0.25) is 14.7 Å². The van der Waals surface area contributed by atoms with Crippen LogP contribution in [0.1, 0.15) is 24.2 Å². The van der Waals surface area contributed by atoms with Gasteiger partial charge in [0.1, 0.15) is 5.75 Å². The fraction of sp³-hybridized carbons (Fsp3) is 0.312. The summed E-state index contributed by atoms with van der Waals surface area (Å²) >= 11 is 0. The fourth-order valence-corrected chi connectivity index (χ4v) is 1.91. The first-order chi connectivity index (χ1) is 10.8. The predicted octanol–water partition coefficient (Wildman–Crippen LogP) is 1.93. The van der Waals surface area contributed by atoms with Gasteiger partial charge in [-0.15, -0.1) is 0 Å². The normalized spacial score (nSPS) is 11.1. The SMILES string of the molecule is COc1ccc(-c2[nH]ncc2C(=O)NCC(C)(C)C(=O)O)cc1. The lowest BCUT2D eigenvalue weighted by molar-refractivity contribution is -0.146. The minimum absolute atomic E-state index is 0.0222. The van der Waals surface area contributed by atoms with Crippen LogP contribution < -0.4 is 10.1 Å². The van der Waals surface area contributed by atoms with E-state index in [2.05, 4.69) is 15.5 Å². The molecule has 23 heavy (non-hydrogen) atoms. The van der Waals surface area contributed by atoms with E-state index in [0.717, 1.165) is 5.56 Å². The molecule has 0 saturated carbocycles. The highest BCUT2D eigenvalue weighted by atomic mass is 16.5. The van der Waals surface area contributed by atoms with Crippen molar-refractivity contribution in [3.05, 3.63) is 36.0 Å². The van der Waals surface area contributed by atoms with Gasteiger partial charge in [0.15, 0.2) is 0 Å². The third kappa shape index (κ3) is 3.68. The smallest absolute Gasteiger partial charge is 0.310 e. The molecule has 7 nitrogen and oxygen atoms in total. The lowest BCUT2D eigenvalue weighted by Gasteiger charge is -2.19. The van der Waals surface area contributed by atoms with Crippen molar-refractivity contribution in [1.29, 1.82) is 0 Å². The van der Waals surface area contributed by atoms with Crippen molar-refractivity contribution in [2.24, 2.45) is 5.41 Å². The molecule has 2 rings (SSSR count). The molecule has 0 aliphatic rings. The quantitative estimate of drug-likeness (QED) is 0.755. The molecule has 0 spiro atoms. The van der Waals surface area contributed by atoms with Crippen LogP contribution in [0.2, 0.25) is 0 Å². The molecule has 7 heteroatoms. The molecule has 1 aromatic carbocycles. The number of rotatable bonds is 6. The monoisotopic (exact) mass is 317 g/mol. The number of carboxylic acid groups (broad SMARTS) is 1. The van der Waals surface area contributed by atoms with Gasteiger partial charge in [-0.1, -0.05) is 0 Å². The Morgan fingerprint density at radius 1 is 1.30 bits per heavy atom. The molecule has 0 saturated heterocycles. The maximum atomic E-state index is 12.3. The Labute approximate surface area is 133 Å². The van der Waals surface area contributed by atoms with Gasteiger partial charge in [0.25, 0.3) is 5.91 Å². The molecule has 3 N–H and O–H groups in total. The van der Waals surface area contributed by atoms with Gasteiger partial charge < -0.3 is 15.2 Å². The Kier molecular flexibility index (Phi) is 4.68. The van der Waals surface area contributed by atoms with Crippen LogP contribution in [0.3, 0.4) is 0 Å². The number of hydrogen-bond donors (Lipinski definition) is 3. The molecule has 0 unspecified atom stereocenters. The van der Waals surface area contributed by atoms with Gasteiger partial charge in [0.05, 0.1) is 30.0 Å². The van der Waals surface area contributed by atoms with Crippen molar-refractivity contribution in [3.63, 3.8) is 0 Å². The van der Waals surface area contributed by atoms with Crippen LogP contribution in [0.25, 0.3) is 11.3 Å². The first-order valence-electron chi connectivity index (χ1n) is 7.04. The van der Waals surface area contributed by atoms with E-state index in [1.807, 2.05) is 12.1 Å². The van der Waals surface area contributed by atoms with Gasteiger partial charge in [-0.25, -0.2) is 0 Å². The van der Waals surface area contributed by atoms with E-state index in [1.54, 1.807) is 33.1 Å². The van der Waals surface area contributed by atoms with Crippen LogP contribution in [0.4, 0.5) is 0 Å². The fourth-order valence-electron chi connectivity index (χ4n) is 1.91. The van der Waals surface area contributed by atoms with Crippen molar-refractivity contribution in [3.8, 4) is 17.0 Å². The van der Waals surface area contributed by atoms with Gasteiger partial charge >= 0.3 is 5.97 Å². The van der Waals surface area contributed by atoms with Gasteiger partial charge in [-0.05, 0) is 38.1 Å². The summed E-state index contributed by atoms with van der Waals surface area (Å²) < 4.78 is 5.10. The minimum atomic E-state index is -1.04. The number of methoxy groups -OCH3 is 1. The summed E-state index contributed by atoms with van der Waals surface area (Å²) in [5.41, 5.74) is 0.667. The molecule has 122 valence electrons. The van der Waals surface area contributed by atoms with Crippen LogP contribution >= 0.6 is 0 Å². The number of H-pyrrole nitrogens is 1. The van der Waals surface area contributed by atoms with Crippen molar-refractivity contribution in [2.45, 2.75) is 13.8 Å². The van der Waals surface area contributed by atoms with Crippen LogP contribution in [0.5, 0.6) is 5.75 Å². The lowest BCUT2D eigenvalue weighted by atomic mass is 9.94. The second-order valence-corrected chi connectivity index (χ2v) is 5.76. The Balaban J connectivity index is 2.16. The number of carbonyl (C=O) groups excluding carboxylic acids is 1. The molecule has 1 aromatic heterocycles. The molecule has 2 aromatic rings. The van der Waals surface area contributed by atoms with E-state index < -0.39 is 11.4 Å². The maximum Gasteiger partial charge on any atom is 0.310 e. The largest absolute Gasteiger partial charge is 0.497 e. The molecule has 0 fully saturated rings. The van der Waals surface area contributed by atoms with Crippen LogP contribution in [0.15, 0.2) is 30.5 Å². The second-order valence-electron chi connectivity index (χ2n) is 5.76. The summed E-state index contributed by atoms with van der Waals surface area (Å²) in [5, 5.41) is 18.4. The Morgan fingerprint density at radius 3 is 2.52 bits per heavy atom. The summed E-state index contributed by atoms with van der Waals surface area (Å²) in [6.45, 7) is 3.12. The van der Waals surface area contributed by atoms with Crippen LogP contribution in [-0.2, 0) is 4.79 Å². The van der Waals surface area contributed by atoms with E-state index in [4.69, 9.17) is 9.84 Å². The summed E-state index contributed by atoms with van der Waals surface area (Å²) in [5.74, 6) is -0.637. The Morgan fingerprint density at radius 2 is 1.96 bits per heavy atom. The Hall–Kier alpha value is -2.83. The minimum Gasteiger partial charge on any atom is -0.497 e. The topological polar surface area (TPSA) is 104 Å². The molecule has 0 atom stereocenters. The average Bonchev–Trinajstić information content (AvgIpc) is 3.02. The predicted molar refractivity (Wildman–Crippen MR) is 84.3 cm³/mol. The molecule has 0 bridgehead atoms. The molecule has 0 aliphatic carbocycles. The van der Waals surface area contributed by atoms with E-state index >= 15 is 0 Å². The number of aliphatic carboxylic acids is 1. The van der Waals surface area contributed by atoms with Gasteiger partial charge in [-0.2, -0.15) is 5.10 Å². The number of nitrogens with zero attached hydrogens (tertiary/aromatic N) is 1. The van der Waals surface area contributed by atoms with Gasteiger partial charge in [0.2, 0.25) is 0 Å². The van der Waals surface area contributed by atoms with Crippen molar-refractivity contribution >= 4 is 11.9 Å². The summed E-state index contributed by atoms with van der Waals surface area (Å²) in [7, 11) is 1.58. The van der Waals surface area contributed by atoms with E-state index in [9.17, 15) is 9.59 Å². The number of carbonyl (C=O) groups is 2. The zero-order valence-electron chi connectivity index (χ0n) is 13.2. The molecule has 1 heterocycles. The number of aromatic nitrogens is 2. The second kappa shape index (κ2) is 6.51. The number of benzene rings is 1. The average molecular weight is 317 g/mol. The first-order valence-corrected chi connectivity index (χ1v) is 7.04. The van der Waals surface area contributed by atoms with Crippen molar-refractivity contribution in [1.82, 2.24) is 15.5 Å². The highest BCUT2D eigenvalue weighted by Gasteiger charge is 2.28. The number of ether oxygens (including phenoxy) is 1. The third-order valence-electron chi connectivity index (χ3n) is 3.53. The van der Waals surface area contributed by atoms with E-state index in [0.29, 0.717) is 17.0 Å². The van der Waals surface area contributed by atoms with Crippen LogP contribution in [-0.4, -0.2) is 40.8 Å². The number of aromatic amines is 1. The van der Waals surface area contributed by atoms with Crippen molar-refractivity contribution in [2.75, 3.05) is 13.7 Å². The summed E-state index contributed by atoms with van der Waals surface area (Å²) in [6.07, 6.45) is 1.42. The molecule has 0 radical (unpaired) electrons. The van der Waals surface area contributed by atoms with Gasteiger partial charge in [0, 0.05) is 12.1 Å². The van der Waals surface area contributed by atoms with E-state index in [1.165, 1.54) is 6.20 Å². The van der Waals surface area contributed by atoms with E-state index in [-0.39, 0.29) is 12.5 Å². The molecular formula is C16H19N3O4. The highest BCUT2D eigenvalue weighted by Crippen LogP contribution is 2.24. The zero-order valence-corrected chi connectivity index (χ0v) is 13.2.